The maximum Gasteiger partial charge on any atom is 0.258 e. The van der Waals surface area contributed by atoms with Gasteiger partial charge in [0.2, 0.25) is 0 Å². The number of nitrogens with zero attached hydrogens (tertiary/aromatic N) is 1. The van der Waals surface area contributed by atoms with E-state index in [2.05, 4.69) is 10.3 Å². The van der Waals surface area contributed by atoms with Crippen molar-refractivity contribution in [3.63, 3.8) is 0 Å². The number of aryl methyl sites for hydroxylation is 1. The Hall–Kier alpha value is -1.65. The molecule has 1 amide bonds. The summed E-state index contributed by atoms with van der Waals surface area (Å²) in [5.74, 6) is -0.899. The summed E-state index contributed by atoms with van der Waals surface area (Å²) in [5.41, 5.74) is 1.30. The largest absolute Gasteiger partial charge is 0.322 e. The summed E-state index contributed by atoms with van der Waals surface area (Å²) < 4.78 is 13.1. The van der Waals surface area contributed by atoms with Gasteiger partial charge < -0.3 is 5.32 Å². The van der Waals surface area contributed by atoms with Crippen LogP contribution in [0.3, 0.4) is 0 Å². The molecule has 0 bridgehead atoms. The summed E-state index contributed by atoms with van der Waals surface area (Å²) in [7, 11) is 0. The van der Waals surface area contributed by atoms with E-state index in [1.807, 2.05) is 0 Å². The Morgan fingerprint density at radius 2 is 2.00 bits per heavy atom. The molecule has 0 spiro atoms. The van der Waals surface area contributed by atoms with Crippen LogP contribution in [0.4, 0.5) is 10.1 Å². The van der Waals surface area contributed by atoms with Gasteiger partial charge in [0, 0.05) is 5.69 Å². The molecule has 1 aromatic carbocycles. The number of hydrogen-bond acceptors (Lipinski definition) is 2. The molecule has 0 aliphatic heterocycles. The molecule has 1 N–H and O–H groups in total. The van der Waals surface area contributed by atoms with Crippen LogP contribution in [-0.2, 0) is 0 Å². The zero-order chi connectivity index (χ0) is 14.0. The SMILES string of the molecule is Cc1ccc(F)cc1NC(=O)c1ccc(Cl)nc1Cl. The first-order valence-corrected chi connectivity index (χ1v) is 6.12. The summed E-state index contributed by atoms with van der Waals surface area (Å²) in [6.45, 7) is 1.76. The van der Waals surface area contributed by atoms with Gasteiger partial charge in [-0.3, -0.25) is 4.79 Å². The Labute approximate surface area is 119 Å². The monoisotopic (exact) mass is 298 g/mol. The standard InChI is InChI=1S/C13H9Cl2FN2O/c1-7-2-3-8(16)6-10(7)17-13(19)9-4-5-11(14)18-12(9)15/h2-6H,1H3,(H,17,19). The second-order valence-electron chi connectivity index (χ2n) is 3.89. The fourth-order valence-corrected chi connectivity index (χ4v) is 1.93. The quantitative estimate of drug-likeness (QED) is 0.849. The Balaban J connectivity index is 2.28. The van der Waals surface area contributed by atoms with Crippen LogP contribution in [0.25, 0.3) is 0 Å². The van der Waals surface area contributed by atoms with Crippen molar-refractivity contribution < 1.29 is 9.18 Å². The van der Waals surface area contributed by atoms with Gasteiger partial charge in [-0.05, 0) is 36.8 Å². The number of rotatable bonds is 2. The van der Waals surface area contributed by atoms with Crippen molar-refractivity contribution in [2.24, 2.45) is 0 Å². The molecule has 1 aromatic heterocycles. The third-order valence-electron chi connectivity index (χ3n) is 2.51. The summed E-state index contributed by atoms with van der Waals surface area (Å²) in [6, 6.07) is 7.06. The Morgan fingerprint density at radius 1 is 1.26 bits per heavy atom. The number of aromatic nitrogens is 1. The van der Waals surface area contributed by atoms with E-state index < -0.39 is 11.7 Å². The minimum Gasteiger partial charge on any atom is -0.322 e. The Bertz CT molecular complexity index is 647. The molecule has 0 radical (unpaired) electrons. The van der Waals surface area contributed by atoms with E-state index in [0.717, 1.165) is 5.56 Å². The van der Waals surface area contributed by atoms with Crippen molar-refractivity contribution in [3.05, 3.63) is 57.6 Å². The number of halogens is 3. The molecular weight excluding hydrogens is 290 g/mol. The van der Waals surface area contributed by atoms with Crippen molar-refractivity contribution in [1.82, 2.24) is 4.98 Å². The summed E-state index contributed by atoms with van der Waals surface area (Å²) in [4.78, 5) is 15.8. The Morgan fingerprint density at radius 3 is 2.68 bits per heavy atom. The average molecular weight is 299 g/mol. The highest BCUT2D eigenvalue weighted by Crippen LogP contribution is 2.20. The van der Waals surface area contributed by atoms with Crippen molar-refractivity contribution in [3.8, 4) is 0 Å². The van der Waals surface area contributed by atoms with Gasteiger partial charge in [0.05, 0.1) is 5.56 Å². The molecule has 3 nitrogen and oxygen atoms in total. The number of nitrogens with one attached hydrogen (secondary N) is 1. The van der Waals surface area contributed by atoms with Gasteiger partial charge in [0.1, 0.15) is 16.1 Å². The van der Waals surface area contributed by atoms with Crippen LogP contribution >= 0.6 is 23.2 Å². The molecule has 19 heavy (non-hydrogen) atoms. The lowest BCUT2D eigenvalue weighted by atomic mass is 10.2. The molecular formula is C13H9Cl2FN2O. The third-order valence-corrected chi connectivity index (χ3v) is 3.01. The van der Waals surface area contributed by atoms with E-state index in [4.69, 9.17) is 23.2 Å². The molecule has 6 heteroatoms. The normalized spacial score (nSPS) is 10.3. The fourth-order valence-electron chi connectivity index (χ4n) is 1.50. The molecule has 0 aliphatic rings. The lowest BCUT2D eigenvalue weighted by molar-refractivity contribution is 0.102. The van der Waals surface area contributed by atoms with Gasteiger partial charge in [-0.15, -0.1) is 0 Å². The predicted molar refractivity (Wildman–Crippen MR) is 73.3 cm³/mol. The van der Waals surface area contributed by atoms with Crippen LogP contribution < -0.4 is 5.32 Å². The topological polar surface area (TPSA) is 42.0 Å². The molecule has 2 aromatic rings. The maximum absolute atomic E-state index is 13.1. The van der Waals surface area contributed by atoms with E-state index in [9.17, 15) is 9.18 Å². The summed E-state index contributed by atoms with van der Waals surface area (Å²) in [5, 5.41) is 2.78. The summed E-state index contributed by atoms with van der Waals surface area (Å²) in [6.07, 6.45) is 0. The smallest absolute Gasteiger partial charge is 0.258 e. The number of amides is 1. The van der Waals surface area contributed by atoms with E-state index in [0.29, 0.717) is 5.69 Å². The second-order valence-corrected chi connectivity index (χ2v) is 4.63. The molecule has 0 saturated heterocycles. The first-order valence-electron chi connectivity index (χ1n) is 5.37. The van der Waals surface area contributed by atoms with E-state index in [1.54, 1.807) is 13.0 Å². The van der Waals surface area contributed by atoms with Crippen LogP contribution in [0.5, 0.6) is 0 Å². The first kappa shape index (κ1) is 13.8. The molecule has 98 valence electrons. The highest BCUT2D eigenvalue weighted by atomic mass is 35.5. The number of carbonyl (C=O) groups excluding carboxylic acids is 1. The van der Waals surface area contributed by atoms with Gasteiger partial charge in [-0.2, -0.15) is 0 Å². The molecule has 0 aliphatic carbocycles. The van der Waals surface area contributed by atoms with Crippen LogP contribution in [0.15, 0.2) is 30.3 Å². The third kappa shape index (κ3) is 3.22. The maximum atomic E-state index is 13.1. The van der Waals surface area contributed by atoms with Crippen molar-refractivity contribution in [2.75, 3.05) is 5.32 Å². The molecule has 0 saturated carbocycles. The van der Waals surface area contributed by atoms with Crippen molar-refractivity contribution >= 4 is 34.8 Å². The van der Waals surface area contributed by atoms with Crippen molar-refractivity contribution in [1.29, 1.82) is 0 Å². The molecule has 0 atom stereocenters. The fraction of sp³-hybridized carbons (Fsp3) is 0.0769. The van der Waals surface area contributed by atoms with Crippen LogP contribution in [0, 0.1) is 12.7 Å². The van der Waals surface area contributed by atoms with Gasteiger partial charge in [-0.1, -0.05) is 29.3 Å². The number of benzene rings is 1. The first-order chi connectivity index (χ1) is 8.97. The lowest BCUT2D eigenvalue weighted by Crippen LogP contribution is -2.14. The minimum absolute atomic E-state index is 0.000874. The van der Waals surface area contributed by atoms with Crippen molar-refractivity contribution in [2.45, 2.75) is 6.92 Å². The molecule has 0 fully saturated rings. The van der Waals surface area contributed by atoms with Gasteiger partial charge in [0.25, 0.3) is 5.91 Å². The average Bonchev–Trinajstić information content (AvgIpc) is 2.33. The molecule has 2 rings (SSSR count). The second kappa shape index (κ2) is 5.55. The molecule has 1 heterocycles. The predicted octanol–water partition coefficient (Wildman–Crippen LogP) is 4.09. The highest BCUT2D eigenvalue weighted by molar-refractivity contribution is 6.35. The van der Waals surface area contributed by atoms with Gasteiger partial charge in [0.15, 0.2) is 0 Å². The van der Waals surface area contributed by atoms with E-state index in [-0.39, 0.29) is 15.9 Å². The van der Waals surface area contributed by atoms with Gasteiger partial charge in [-0.25, -0.2) is 9.37 Å². The number of pyridine rings is 1. The lowest BCUT2D eigenvalue weighted by Gasteiger charge is -2.09. The van der Waals surface area contributed by atoms with Gasteiger partial charge >= 0.3 is 0 Å². The van der Waals surface area contributed by atoms with Crippen LogP contribution in [0.1, 0.15) is 15.9 Å². The highest BCUT2D eigenvalue weighted by Gasteiger charge is 2.13. The molecule has 0 unspecified atom stereocenters. The zero-order valence-corrected chi connectivity index (χ0v) is 11.4. The number of carbonyl (C=O) groups is 1. The van der Waals surface area contributed by atoms with Crippen LogP contribution in [0.2, 0.25) is 10.3 Å². The summed E-state index contributed by atoms with van der Waals surface area (Å²) >= 11 is 11.5. The Kier molecular flexibility index (Phi) is 4.02. The van der Waals surface area contributed by atoms with E-state index in [1.165, 1.54) is 24.3 Å². The number of hydrogen-bond donors (Lipinski definition) is 1. The van der Waals surface area contributed by atoms with E-state index >= 15 is 0 Å². The zero-order valence-electron chi connectivity index (χ0n) is 9.88. The number of anilines is 1. The van der Waals surface area contributed by atoms with Crippen LogP contribution in [-0.4, -0.2) is 10.9 Å². The minimum atomic E-state index is -0.470.